The second-order valence-corrected chi connectivity index (χ2v) is 5.35. The fraction of sp³-hybridized carbons (Fsp3) is 0.267. The molecule has 0 saturated heterocycles. The summed E-state index contributed by atoms with van der Waals surface area (Å²) in [5, 5.41) is 9.08. The van der Waals surface area contributed by atoms with E-state index in [1.54, 1.807) is 18.2 Å². The van der Waals surface area contributed by atoms with E-state index in [-0.39, 0.29) is 11.7 Å². The number of carbonyl (C=O) groups is 1. The van der Waals surface area contributed by atoms with E-state index < -0.39 is 0 Å². The van der Waals surface area contributed by atoms with Gasteiger partial charge in [-0.15, -0.1) is 6.58 Å². The molecule has 0 aliphatic heterocycles. The molecule has 1 unspecified atom stereocenters. The monoisotopic (exact) mass is 316 g/mol. The molecule has 1 aromatic carbocycles. The van der Waals surface area contributed by atoms with E-state index in [1.807, 2.05) is 6.07 Å². The van der Waals surface area contributed by atoms with Gasteiger partial charge in [0.2, 0.25) is 0 Å². The van der Waals surface area contributed by atoms with Crippen LogP contribution in [-0.2, 0) is 4.79 Å². The van der Waals surface area contributed by atoms with Crippen LogP contribution in [0.4, 0.5) is 5.69 Å². The van der Waals surface area contributed by atoms with Gasteiger partial charge >= 0.3 is 0 Å². The van der Waals surface area contributed by atoms with Crippen molar-refractivity contribution in [1.29, 1.82) is 5.26 Å². The molecule has 1 aliphatic rings. The molecule has 3 nitrogen and oxygen atoms in total. The number of nitrogens with zero attached hydrogens (tertiary/aromatic N) is 2. The van der Waals surface area contributed by atoms with E-state index in [4.69, 9.17) is 5.26 Å². The highest BCUT2D eigenvalue weighted by atomic mass is 79.9. The third-order valence-corrected chi connectivity index (χ3v) is 3.78. The van der Waals surface area contributed by atoms with Crippen LogP contribution >= 0.6 is 15.9 Å². The SMILES string of the molecule is C=CCC1CC(=Nc2c(Br)cccc2C#N)CC1=O. The van der Waals surface area contributed by atoms with Crippen LogP contribution in [0.1, 0.15) is 24.8 Å². The Morgan fingerprint density at radius 2 is 2.37 bits per heavy atom. The van der Waals surface area contributed by atoms with Gasteiger partial charge in [-0.3, -0.25) is 9.79 Å². The van der Waals surface area contributed by atoms with Crippen LogP contribution in [0, 0.1) is 17.2 Å². The Kier molecular flexibility index (Phi) is 4.28. The van der Waals surface area contributed by atoms with Crippen LogP contribution in [0.25, 0.3) is 0 Å². The summed E-state index contributed by atoms with van der Waals surface area (Å²) in [6.45, 7) is 3.67. The summed E-state index contributed by atoms with van der Waals surface area (Å²) in [7, 11) is 0. The molecule has 0 radical (unpaired) electrons. The summed E-state index contributed by atoms with van der Waals surface area (Å²) < 4.78 is 0.777. The first kappa shape index (κ1) is 13.7. The molecule has 96 valence electrons. The zero-order valence-electron chi connectivity index (χ0n) is 10.4. The van der Waals surface area contributed by atoms with Gasteiger partial charge < -0.3 is 0 Å². The number of hydrogen-bond acceptors (Lipinski definition) is 3. The van der Waals surface area contributed by atoms with Gasteiger partial charge in [0.25, 0.3) is 0 Å². The Bertz CT molecular complexity index is 599. The smallest absolute Gasteiger partial charge is 0.142 e. The Balaban J connectivity index is 2.31. The number of Topliss-reactive ketones (excluding diaryl/α,β-unsaturated/α-hetero) is 1. The Morgan fingerprint density at radius 1 is 1.58 bits per heavy atom. The molecule has 0 bridgehead atoms. The van der Waals surface area contributed by atoms with Crippen LogP contribution in [0.3, 0.4) is 0 Å². The molecule has 2 rings (SSSR count). The van der Waals surface area contributed by atoms with Crippen molar-refractivity contribution in [3.05, 3.63) is 40.9 Å². The predicted molar refractivity (Wildman–Crippen MR) is 78.5 cm³/mol. The predicted octanol–water partition coefficient (Wildman–Crippen LogP) is 3.95. The van der Waals surface area contributed by atoms with E-state index in [1.165, 1.54) is 0 Å². The van der Waals surface area contributed by atoms with Gasteiger partial charge in [0.15, 0.2) is 0 Å². The minimum Gasteiger partial charge on any atom is -0.299 e. The molecule has 0 heterocycles. The van der Waals surface area contributed by atoms with Crippen molar-refractivity contribution in [2.24, 2.45) is 10.9 Å². The van der Waals surface area contributed by atoms with E-state index >= 15 is 0 Å². The standard InChI is InChI=1S/C15H13BrN2O/c1-2-4-10-7-12(8-14(10)19)18-15-11(9-17)5-3-6-13(15)16/h2-3,5-6,10H,1,4,7-8H2. The van der Waals surface area contributed by atoms with Crippen molar-refractivity contribution in [1.82, 2.24) is 0 Å². The Hall–Kier alpha value is -1.73. The molecule has 1 aromatic rings. The summed E-state index contributed by atoms with van der Waals surface area (Å²) in [5.74, 6) is 0.216. The number of nitriles is 1. The molecule has 1 fully saturated rings. The van der Waals surface area contributed by atoms with Gasteiger partial charge in [0, 0.05) is 22.5 Å². The first-order valence-electron chi connectivity index (χ1n) is 6.04. The van der Waals surface area contributed by atoms with E-state index in [9.17, 15) is 4.79 Å². The van der Waals surface area contributed by atoms with Gasteiger partial charge in [-0.05, 0) is 40.9 Å². The molecule has 1 atom stereocenters. The number of ketones is 1. The van der Waals surface area contributed by atoms with E-state index in [0.29, 0.717) is 30.5 Å². The minimum atomic E-state index is 0.00396. The van der Waals surface area contributed by atoms with Gasteiger partial charge in [-0.2, -0.15) is 5.26 Å². The van der Waals surface area contributed by atoms with Crippen LogP contribution in [0.15, 0.2) is 40.3 Å². The van der Waals surface area contributed by atoms with Crippen molar-refractivity contribution in [2.75, 3.05) is 0 Å². The van der Waals surface area contributed by atoms with E-state index in [2.05, 4.69) is 33.6 Å². The fourth-order valence-electron chi connectivity index (χ4n) is 2.19. The average Bonchev–Trinajstić information content (AvgIpc) is 2.73. The summed E-state index contributed by atoms with van der Waals surface area (Å²) in [4.78, 5) is 16.3. The first-order valence-corrected chi connectivity index (χ1v) is 6.83. The maximum absolute atomic E-state index is 11.8. The second-order valence-electron chi connectivity index (χ2n) is 4.49. The number of benzene rings is 1. The molecule has 0 spiro atoms. The molecule has 19 heavy (non-hydrogen) atoms. The number of para-hydroxylation sites is 1. The lowest BCUT2D eigenvalue weighted by atomic mass is 10.0. The number of rotatable bonds is 3. The highest BCUT2D eigenvalue weighted by Gasteiger charge is 2.28. The lowest BCUT2D eigenvalue weighted by molar-refractivity contribution is -0.120. The molecule has 0 aromatic heterocycles. The molecule has 1 aliphatic carbocycles. The van der Waals surface area contributed by atoms with Crippen LogP contribution in [0.2, 0.25) is 0 Å². The number of allylic oxidation sites excluding steroid dienone is 1. The molecule has 1 saturated carbocycles. The molecular formula is C15H13BrN2O. The Labute approximate surface area is 120 Å². The molecule has 0 amide bonds. The van der Waals surface area contributed by atoms with Crippen molar-refractivity contribution in [3.8, 4) is 6.07 Å². The molecule has 0 N–H and O–H groups in total. The van der Waals surface area contributed by atoms with Crippen LogP contribution in [0.5, 0.6) is 0 Å². The number of halogens is 1. The molecular weight excluding hydrogens is 304 g/mol. The van der Waals surface area contributed by atoms with Crippen LogP contribution < -0.4 is 0 Å². The zero-order chi connectivity index (χ0) is 13.8. The average molecular weight is 317 g/mol. The lowest BCUT2D eigenvalue weighted by Crippen LogP contribution is -2.03. The second kappa shape index (κ2) is 5.94. The highest BCUT2D eigenvalue weighted by molar-refractivity contribution is 9.10. The topological polar surface area (TPSA) is 53.2 Å². The highest BCUT2D eigenvalue weighted by Crippen LogP contribution is 2.32. The summed E-state index contributed by atoms with van der Waals surface area (Å²) in [6, 6.07) is 7.49. The first-order chi connectivity index (χ1) is 9.15. The normalized spacial score (nSPS) is 20.5. The van der Waals surface area contributed by atoms with Gasteiger partial charge in [0.05, 0.1) is 11.3 Å². The zero-order valence-corrected chi connectivity index (χ0v) is 12.0. The summed E-state index contributed by atoms with van der Waals surface area (Å²) in [5.41, 5.74) is 1.98. The van der Waals surface area contributed by atoms with Gasteiger partial charge in [-0.1, -0.05) is 12.1 Å². The summed E-state index contributed by atoms with van der Waals surface area (Å²) >= 11 is 3.40. The van der Waals surface area contributed by atoms with Crippen LogP contribution in [-0.4, -0.2) is 11.5 Å². The maximum atomic E-state index is 11.8. The van der Waals surface area contributed by atoms with Crippen molar-refractivity contribution < 1.29 is 4.79 Å². The third-order valence-electron chi connectivity index (χ3n) is 3.14. The fourth-order valence-corrected chi connectivity index (χ4v) is 2.65. The largest absolute Gasteiger partial charge is 0.299 e. The van der Waals surface area contributed by atoms with Crippen molar-refractivity contribution >= 4 is 33.1 Å². The van der Waals surface area contributed by atoms with Crippen molar-refractivity contribution in [2.45, 2.75) is 19.3 Å². The van der Waals surface area contributed by atoms with Gasteiger partial charge in [-0.25, -0.2) is 0 Å². The number of hydrogen-bond donors (Lipinski definition) is 0. The minimum absolute atomic E-state index is 0.00396. The lowest BCUT2D eigenvalue weighted by Gasteiger charge is -2.03. The van der Waals surface area contributed by atoms with E-state index in [0.717, 1.165) is 10.2 Å². The number of aliphatic imine (C=N–C) groups is 1. The quantitative estimate of drug-likeness (QED) is 0.793. The van der Waals surface area contributed by atoms with Gasteiger partial charge in [0.1, 0.15) is 11.9 Å². The maximum Gasteiger partial charge on any atom is 0.142 e. The number of carbonyl (C=O) groups excluding carboxylic acids is 1. The third kappa shape index (κ3) is 2.99. The van der Waals surface area contributed by atoms with Crippen molar-refractivity contribution in [3.63, 3.8) is 0 Å². The Morgan fingerprint density at radius 3 is 3.05 bits per heavy atom. The summed E-state index contributed by atoms with van der Waals surface area (Å²) in [6.07, 6.45) is 3.51. The molecule has 4 heteroatoms.